The van der Waals surface area contributed by atoms with Crippen molar-refractivity contribution in [2.45, 2.75) is 33.2 Å². The first kappa shape index (κ1) is 21.6. The number of aryl methyl sites for hydroxylation is 1. The number of aliphatic imine (C=N–C) groups is 1. The summed E-state index contributed by atoms with van der Waals surface area (Å²) in [6.45, 7) is 6.18. The summed E-state index contributed by atoms with van der Waals surface area (Å²) < 4.78 is 22.1. The average molecular weight is 459 g/mol. The molecular formula is C14H26IN3O2S2. The van der Waals surface area contributed by atoms with E-state index in [1.54, 1.807) is 11.3 Å². The summed E-state index contributed by atoms with van der Waals surface area (Å²) in [5.74, 6) is 0.932. The Bertz CT molecular complexity index is 556. The van der Waals surface area contributed by atoms with E-state index in [-0.39, 0.29) is 29.7 Å². The van der Waals surface area contributed by atoms with Crippen LogP contribution in [0.1, 0.15) is 30.0 Å². The van der Waals surface area contributed by atoms with Crippen molar-refractivity contribution in [2.24, 2.45) is 4.99 Å². The molecule has 0 aromatic carbocycles. The van der Waals surface area contributed by atoms with Gasteiger partial charge >= 0.3 is 0 Å². The maximum atomic E-state index is 11.1. The molecule has 0 bridgehead atoms. The van der Waals surface area contributed by atoms with Gasteiger partial charge in [-0.25, -0.2) is 13.4 Å². The van der Waals surface area contributed by atoms with Gasteiger partial charge in [0.2, 0.25) is 0 Å². The lowest BCUT2D eigenvalue weighted by molar-refractivity contribution is 0.598. The van der Waals surface area contributed by atoms with Gasteiger partial charge in [0.1, 0.15) is 9.84 Å². The number of guanidine groups is 1. The Labute approximate surface area is 154 Å². The predicted molar refractivity (Wildman–Crippen MR) is 106 cm³/mol. The number of nitrogens with one attached hydrogen (secondary N) is 2. The zero-order valence-electron chi connectivity index (χ0n) is 13.4. The van der Waals surface area contributed by atoms with Crippen molar-refractivity contribution in [3.8, 4) is 0 Å². The second-order valence-corrected chi connectivity index (χ2v) is 8.34. The first-order chi connectivity index (χ1) is 9.94. The molecule has 0 atom stereocenters. The number of nitrogens with zero attached hydrogens (tertiary/aromatic N) is 1. The first-order valence-electron chi connectivity index (χ1n) is 7.22. The van der Waals surface area contributed by atoms with E-state index in [9.17, 15) is 8.42 Å². The molecule has 0 saturated heterocycles. The van der Waals surface area contributed by atoms with Crippen LogP contribution >= 0.6 is 35.3 Å². The average Bonchev–Trinajstić information content (AvgIpc) is 2.87. The van der Waals surface area contributed by atoms with E-state index in [0.29, 0.717) is 19.5 Å². The molecule has 5 nitrogen and oxygen atoms in total. The van der Waals surface area contributed by atoms with Crippen molar-refractivity contribution in [1.82, 2.24) is 10.6 Å². The molecule has 1 rings (SSSR count). The molecule has 2 N–H and O–H groups in total. The first-order valence-corrected chi connectivity index (χ1v) is 10.1. The van der Waals surface area contributed by atoms with Crippen LogP contribution in [-0.2, 0) is 22.8 Å². The highest BCUT2D eigenvalue weighted by atomic mass is 127. The molecule has 22 heavy (non-hydrogen) atoms. The molecule has 0 spiro atoms. The van der Waals surface area contributed by atoms with Crippen LogP contribution in [-0.4, -0.2) is 39.5 Å². The smallest absolute Gasteiger partial charge is 0.191 e. The van der Waals surface area contributed by atoms with E-state index < -0.39 is 9.84 Å². The summed E-state index contributed by atoms with van der Waals surface area (Å²) in [5, 5.41) is 6.33. The summed E-state index contributed by atoms with van der Waals surface area (Å²) in [6.07, 6.45) is 2.90. The van der Waals surface area contributed by atoms with E-state index >= 15 is 0 Å². The van der Waals surface area contributed by atoms with Gasteiger partial charge < -0.3 is 10.6 Å². The number of halogens is 1. The minimum atomic E-state index is -2.89. The molecule has 128 valence electrons. The molecule has 0 unspecified atom stereocenters. The third-order valence-electron chi connectivity index (χ3n) is 2.79. The SMILES string of the molecule is CCNC(=NCc1ccc(CC)s1)NCCCS(C)(=O)=O.I. The Morgan fingerprint density at radius 1 is 1.23 bits per heavy atom. The van der Waals surface area contributed by atoms with Gasteiger partial charge in [0, 0.05) is 29.1 Å². The molecule has 0 radical (unpaired) electrons. The fourth-order valence-corrected chi connectivity index (χ4v) is 3.29. The molecular weight excluding hydrogens is 433 g/mol. The topological polar surface area (TPSA) is 70.6 Å². The van der Waals surface area contributed by atoms with Crippen LogP contribution in [0.5, 0.6) is 0 Å². The van der Waals surface area contributed by atoms with E-state index in [0.717, 1.165) is 18.9 Å². The lowest BCUT2D eigenvalue weighted by atomic mass is 10.4. The zero-order chi connectivity index (χ0) is 15.7. The Kier molecular flexibility index (Phi) is 11.0. The Morgan fingerprint density at radius 3 is 2.45 bits per heavy atom. The molecule has 8 heteroatoms. The molecule has 0 aliphatic rings. The van der Waals surface area contributed by atoms with E-state index in [1.807, 2.05) is 6.92 Å². The maximum Gasteiger partial charge on any atom is 0.191 e. The van der Waals surface area contributed by atoms with Gasteiger partial charge in [-0.15, -0.1) is 35.3 Å². The van der Waals surface area contributed by atoms with Crippen LogP contribution in [0, 0.1) is 0 Å². The van der Waals surface area contributed by atoms with Crippen LogP contribution in [0.15, 0.2) is 17.1 Å². The molecule has 1 aromatic heterocycles. The van der Waals surface area contributed by atoms with Crippen molar-refractivity contribution in [3.63, 3.8) is 0 Å². The summed E-state index contributed by atoms with van der Waals surface area (Å²) >= 11 is 1.78. The lowest BCUT2D eigenvalue weighted by Crippen LogP contribution is -2.38. The Hall–Kier alpha value is -0.350. The summed E-state index contributed by atoms with van der Waals surface area (Å²) in [5.41, 5.74) is 0. The van der Waals surface area contributed by atoms with Gasteiger partial charge in [-0.3, -0.25) is 0 Å². The summed E-state index contributed by atoms with van der Waals surface area (Å²) in [6, 6.07) is 4.25. The molecule has 0 fully saturated rings. The van der Waals surface area contributed by atoms with E-state index in [1.165, 1.54) is 16.0 Å². The van der Waals surface area contributed by atoms with Crippen LogP contribution < -0.4 is 10.6 Å². The normalized spacial score (nSPS) is 11.9. The minimum Gasteiger partial charge on any atom is -0.357 e. The van der Waals surface area contributed by atoms with E-state index in [2.05, 4.69) is 34.7 Å². The van der Waals surface area contributed by atoms with Crippen molar-refractivity contribution in [1.29, 1.82) is 0 Å². The highest BCUT2D eigenvalue weighted by Gasteiger charge is 2.03. The number of hydrogen-bond acceptors (Lipinski definition) is 4. The predicted octanol–water partition coefficient (Wildman–Crippen LogP) is 2.42. The van der Waals surface area contributed by atoms with E-state index in [4.69, 9.17) is 0 Å². The fraction of sp³-hybridized carbons (Fsp3) is 0.643. The minimum absolute atomic E-state index is 0. The molecule has 0 amide bonds. The lowest BCUT2D eigenvalue weighted by Gasteiger charge is -2.10. The third kappa shape index (κ3) is 9.62. The zero-order valence-corrected chi connectivity index (χ0v) is 17.3. The van der Waals surface area contributed by atoms with Crippen molar-refractivity contribution in [3.05, 3.63) is 21.9 Å². The fourth-order valence-electron chi connectivity index (χ4n) is 1.74. The highest BCUT2D eigenvalue weighted by molar-refractivity contribution is 14.0. The molecule has 1 heterocycles. The second-order valence-electron chi connectivity index (χ2n) is 4.83. The van der Waals surface area contributed by atoms with Crippen LogP contribution in [0.2, 0.25) is 0 Å². The Morgan fingerprint density at radius 2 is 1.91 bits per heavy atom. The maximum absolute atomic E-state index is 11.1. The third-order valence-corrected chi connectivity index (χ3v) is 5.03. The van der Waals surface area contributed by atoms with Gasteiger partial charge in [0.05, 0.1) is 12.3 Å². The number of rotatable bonds is 8. The van der Waals surface area contributed by atoms with Crippen LogP contribution in [0.4, 0.5) is 0 Å². The van der Waals surface area contributed by atoms with Gasteiger partial charge in [-0.1, -0.05) is 6.92 Å². The number of thiophene rings is 1. The Balaban J connectivity index is 0.00000441. The molecule has 0 aliphatic heterocycles. The highest BCUT2D eigenvalue weighted by Crippen LogP contribution is 2.17. The second kappa shape index (κ2) is 11.2. The van der Waals surface area contributed by atoms with Gasteiger partial charge in [-0.2, -0.15) is 0 Å². The van der Waals surface area contributed by atoms with Gasteiger partial charge in [0.25, 0.3) is 0 Å². The van der Waals surface area contributed by atoms with Crippen LogP contribution in [0.25, 0.3) is 0 Å². The van der Waals surface area contributed by atoms with Gasteiger partial charge in [-0.05, 0) is 31.9 Å². The molecule has 0 aliphatic carbocycles. The van der Waals surface area contributed by atoms with Crippen molar-refractivity contribution < 1.29 is 8.42 Å². The monoisotopic (exact) mass is 459 g/mol. The summed E-state index contributed by atoms with van der Waals surface area (Å²) in [7, 11) is -2.89. The number of sulfone groups is 1. The van der Waals surface area contributed by atoms with Gasteiger partial charge in [0.15, 0.2) is 5.96 Å². The largest absolute Gasteiger partial charge is 0.357 e. The van der Waals surface area contributed by atoms with Crippen molar-refractivity contribution >= 4 is 51.1 Å². The summed E-state index contributed by atoms with van der Waals surface area (Å²) in [4.78, 5) is 7.12. The quantitative estimate of drug-likeness (QED) is 0.271. The molecule has 1 aromatic rings. The standard InChI is InChI=1S/C14H25N3O2S2.HI/c1-4-12-7-8-13(20-12)11-17-14(15-5-2)16-9-6-10-21(3,18)19;/h7-8H,4-6,9-11H2,1-3H3,(H2,15,16,17);1H. The van der Waals surface area contributed by atoms with Crippen molar-refractivity contribution in [2.75, 3.05) is 25.1 Å². The number of hydrogen-bond donors (Lipinski definition) is 2. The molecule has 0 saturated carbocycles. The van der Waals surface area contributed by atoms with Crippen LogP contribution in [0.3, 0.4) is 0 Å².